The molecule has 25 heavy (non-hydrogen) atoms. The highest BCUT2D eigenvalue weighted by Crippen LogP contribution is 2.34. The van der Waals surface area contributed by atoms with Crippen LogP contribution in [0.3, 0.4) is 0 Å². The van der Waals surface area contributed by atoms with E-state index in [-0.39, 0.29) is 0 Å². The molecule has 0 bridgehead atoms. The van der Waals surface area contributed by atoms with Gasteiger partial charge in [-0.05, 0) is 25.1 Å². The van der Waals surface area contributed by atoms with Gasteiger partial charge in [-0.2, -0.15) is 5.26 Å². The first-order chi connectivity index (χ1) is 12.1. The SMILES string of the molecule is CCOC(=O)/C=C/CC(C#N)(Nc1ccccc1)c1ccccc1Br. The summed E-state index contributed by atoms with van der Waals surface area (Å²) in [5.74, 6) is -0.416. The number of benzene rings is 2. The van der Waals surface area contributed by atoms with Gasteiger partial charge in [0.15, 0.2) is 5.54 Å². The van der Waals surface area contributed by atoms with Crippen molar-refractivity contribution in [3.63, 3.8) is 0 Å². The Labute approximate surface area is 156 Å². The van der Waals surface area contributed by atoms with E-state index in [1.165, 1.54) is 6.08 Å². The lowest BCUT2D eigenvalue weighted by atomic mass is 9.87. The number of hydrogen-bond acceptors (Lipinski definition) is 4. The van der Waals surface area contributed by atoms with Gasteiger partial charge in [-0.25, -0.2) is 4.79 Å². The van der Waals surface area contributed by atoms with E-state index >= 15 is 0 Å². The molecule has 0 heterocycles. The van der Waals surface area contributed by atoms with Crippen LogP contribution in [0.2, 0.25) is 0 Å². The molecule has 0 radical (unpaired) electrons. The molecule has 0 fully saturated rings. The van der Waals surface area contributed by atoms with E-state index in [1.807, 2.05) is 54.6 Å². The average molecular weight is 399 g/mol. The van der Waals surface area contributed by atoms with Crippen LogP contribution in [0.4, 0.5) is 5.69 Å². The van der Waals surface area contributed by atoms with Gasteiger partial charge < -0.3 is 10.1 Å². The van der Waals surface area contributed by atoms with Crippen LogP contribution in [-0.2, 0) is 15.1 Å². The van der Waals surface area contributed by atoms with Gasteiger partial charge in [-0.1, -0.05) is 58.4 Å². The number of carbonyl (C=O) groups excluding carboxylic acids is 1. The van der Waals surface area contributed by atoms with Gasteiger partial charge in [0.2, 0.25) is 0 Å². The normalized spacial score (nSPS) is 13.0. The van der Waals surface area contributed by atoms with Crippen LogP contribution in [-0.4, -0.2) is 12.6 Å². The third kappa shape index (κ3) is 4.94. The predicted molar refractivity (Wildman–Crippen MR) is 102 cm³/mol. The van der Waals surface area contributed by atoms with Gasteiger partial charge >= 0.3 is 5.97 Å². The lowest BCUT2D eigenvalue weighted by Crippen LogP contribution is -2.33. The van der Waals surface area contributed by atoms with Crippen molar-refractivity contribution in [2.75, 3.05) is 11.9 Å². The average Bonchev–Trinajstić information content (AvgIpc) is 2.62. The Bertz CT molecular complexity index is 784. The fraction of sp³-hybridized carbons (Fsp3) is 0.200. The van der Waals surface area contributed by atoms with E-state index in [2.05, 4.69) is 27.3 Å². The molecule has 0 aliphatic carbocycles. The molecule has 0 saturated carbocycles. The van der Waals surface area contributed by atoms with Gasteiger partial charge in [0.1, 0.15) is 0 Å². The summed E-state index contributed by atoms with van der Waals surface area (Å²) in [6, 6.07) is 19.5. The van der Waals surface area contributed by atoms with Crippen molar-refractivity contribution >= 4 is 27.6 Å². The summed E-state index contributed by atoms with van der Waals surface area (Å²) in [7, 11) is 0. The number of nitrogens with one attached hydrogen (secondary N) is 1. The largest absolute Gasteiger partial charge is 0.463 e. The predicted octanol–water partition coefficient (Wildman–Crippen LogP) is 4.79. The molecule has 4 nitrogen and oxygen atoms in total. The second-order valence-electron chi connectivity index (χ2n) is 5.35. The third-order valence-corrected chi connectivity index (χ3v) is 4.31. The summed E-state index contributed by atoms with van der Waals surface area (Å²) in [6.45, 7) is 2.07. The van der Waals surface area contributed by atoms with Crippen molar-refractivity contribution in [1.29, 1.82) is 5.26 Å². The lowest BCUT2D eigenvalue weighted by Gasteiger charge is -2.29. The molecule has 1 atom stereocenters. The van der Waals surface area contributed by atoms with Crippen molar-refractivity contribution in [3.8, 4) is 6.07 Å². The molecule has 2 aromatic rings. The van der Waals surface area contributed by atoms with Gasteiger partial charge in [0.05, 0.1) is 12.7 Å². The Balaban J connectivity index is 2.38. The molecule has 0 amide bonds. The molecule has 0 saturated heterocycles. The van der Waals surface area contributed by atoms with Gasteiger partial charge in [0.25, 0.3) is 0 Å². The van der Waals surface area contributed by atoms with Crippen LogP contribution in [0, 0.1) is 11.3 Å². The summed E-state index contributed by atoms with van der Waals surface area (Å²) in [4.78, 5) is 11.6. The van der Waals surface area contributed by atoms with Gasteiger partial charge in [-0.3, -0.25) is 0 Å². The van der Waals surface area contributed by atoms with Crippen molar-refractivity contribution in [1.82, 2.24) is 0 Å². The minimum Gasteiger partial charge on any atom is -0.463 e. The molecule has 0 aromatic heterocycles. The van der Waals surface area contributed by atoms with Crippen LogP contribution in [0.1, 0.15) is 18.9 Å². The van der Waals surface area contributed by atoms with Crippen LogP contribution in [0.15, 0.2) is 71.2 Å². The van der Waals surface area contributed by atoms with Crippen LogP contribution in [0.5, 0.6) is 0 Å². The Kier molecular flexibility index (Phi) is 6.79. The number of esters is 1. The number of anilines is 1. The summed E-state index contributed by atoms with van der Waals surface area (Å²) in [5.41, 5.74) is 0.601. The monoisotopic (exact) mass is 398 g/mol. The first-order valence-corrected chi connectivity index (χ1v) is 8.73. The molecule has 128 valence electrons. The number of para-hydroxylation sites is 1. The van der Waals surface area contributed by atoms with E-state index in [9.17, 15) is 10.1 Å². The highest BCUT2D eigenvalue weighted by Gasteiger charge is 2.33. The minimum atomic E-state index is -1.02. The maximum absolute atomic E-state index is 11.6. The van der Waals surface area contributed by atoms with E-state index < -0.39 is 11.5 Å². The standard InChI is InChI=1S/C20H19BrN2O2/c1-2-25-19(24)13-8-14-20(15-22,17-11-6-7-12-18(17)21)23-16-9-4-3-5-10-16/h3-13,23H,2,14H2,1H3/b13-8+. The molecule has 0 aliphatic heterocycles. The number of halogens is 1. The van der Waals surface area contributed by atoms with Crippen molar-refractivity contribution in [2.45, 2.75) is 18.9 Å². The molecule has 2 rings (SSSR count). The van der Waals surface area contributed by atoms with E-state index in [4.69, 9.17) is 4.74 Å². The molecule has 1 N–H and O–H groups in total. The zero-order chi connectivity index (χ0) is 18.1. The fourth-order valence-electron chi connectivity index (χ4n) is 2.46. The highest BCUT2D eigenvalue weighted by atomic mass is 79.9. The Morgan fingerprint density at radius 3 is 2.56 bits per heavy atom. The van der Waals surface area contributed by atoms with Crippen molar-refractivity contribution < 1.29 is 9.53 Å². The quantitative estimate of drug-likeness (QED) is 0.537. The maximum atomic E-state index is 11.6. The number of rotatable bonds is 7. The number of carbonyl (C=O) groups is 1. The van der Waals surface area contributed by atoms with Crippen molar-refractivity contribution in [3.05, 3.63) is 76.8 Å². The van der Waals surface area contributed by atoms with Crippen LogP contribution < -0.4 is 5.32 Å². The zero-order valence-corrected chi connectivity index (χ0v) is 15.5. The van der Waals surface area contributed by atoms with E-state index in [0.29, 0.717) is 13.0 Å². The number of hydrogen-bond donors (Lipinski definition) is 1. The number of nitrogens with zero attached hydrogens (tertiary/aromatic N) is 1. The minimum absolute atomic E-state index is 0.305. The summed E-state index contributed by atoms with van der Waals surface area (Å²) >= 11 is 3.53. The Morgan fingerprint density at radius 1 is 1.24 bits per heavy atom. The Hall–Kier alpha value is -2.58. The molecule has 1 unspecified atom stereocenters. The molecule has 0 spiro atoms. The zero-order valence-electron chi connectivity index (χ0n) is 13.9. The Morgan fingerprint density at radius 2 is 1.92 bits per heavy atom. The molecule has 2 aromatic carbocycles. The smallest absolute Gasteiger partial charge is 0.330 e. The molecular weight excluding hydrogens is 380 g/mol. The van der Waals surface area contributed by atoms with Crippen LogP contribution >= 0.6 is 15.9 Å². The first-order valence-electron chi connectivity index (χ1n) is 7.94. The van der Waals surface area contributed by atoms with Crippen molar-refractivity contribution in [2.24, 2.45) is 0 Å². The van der Waals surface area contributed by atoms with Gasteiger partial charge in [-0.15, -0.1) is 0 Å². The summed E-state index contributed by atoms with van der Waals surface area (Å²) < 4.78 is 5.72. The number of nitriles is 1. The van der Waals surface area contributed by atoms with Gasteiger partial charge in [0, 0.05) is 28.2 Å². The van der Waals surface area contributed by atoms with E-state index in [0.717, 1.165) is 15.7 Å². The fourth-order valence-corrected chi connectivity index (χ4v) is 3.08. The second-order valence-corrected chi connectivity index (χ2v) is 6.20. The van der Waals surface area contributed by atoms with Crippen LogP contribution in [0.25, 0.3) is 0 Å². The highest BCUT2D eigenvalue weighted by molar-refractivity contribution is 9.10. The number of ether oxygens (including phenoxy) is 1. The first kappa shape index (κ1) is 18.8. The summed E-state index contributed by atoms with van der Waals surface area (Å²) in [6.07, 6.45) is 3.33. The molecule has 5 heteroatoms. The lowest BCUT2D eigenvalue weighted by molar-refractivity contribution is -0.137. The van der Waals surface area contributed by atoms with E-state index in [1.54, 1.807) is 13.0 Å². The second kappa shape index (κ2) is 9.05. The topological polar surface area (TPSA) is 62.1 Å². The summed E-state index contributed by atoms with van der Waals surface area (Å²) in [5, 5.41) is 13.3. The molecular formula is C20H19BrN2O2. The maximum Gasteiger partial charge on any atom is 0.330 e. The third-order valence-electron chi connectivity index (χ3n) is 3.62. The molecule has 0 aliphatic rings.